The lowest BCUT2D eigenvalue weighted by atomic mass is 10.1. The molecule has 0 unspecified atom stereocenters. The van der Waals surface area contributed by atoms with E-state index in [0.29, 0.717) is 23.5 Å². The van der Waals surface area contributed by atoms with Crippen LogP contribution < -0.4 is 15.4 Å². The van der Waals surface area contributed by atoms with Crippen LogP contribution in [0.25, 0.3) is 11.3 Å². The van der Waals surface area contributed by atoms with E-state index >= 15 is 0 Å². The van der Waals surface area contributed by atoms with Crippen molar-refractivity contribution in [3.05, 3.63) is 71.8 Å². The van der Waals surface area contributed by atoms with Crippen LogP contribution in [0.15, 0.2) is 60.7 Å². The molecule has 7 nitrogen and oxygen atoms in total. The van der Waals surface area contributed by atoms with Crippen LogP contribution in [0.2, 0.25) is 0 Å². The highest BCUT2D eigenvalue weighted by molar-refractivity contribution is 5.94. The van der Waals surface area contributed by atoms with E-state index < -0.39 is 0 Å². The third kappa shape index (κ3) is 6.31. The molecule has 33 heavy (non-hydrogen) atoms. The van der Waals surface area contributed by atoms with Crippen molar-refractivity contribution < 1.29 is 9.53 Å². The molecule has 1 aromatic heterocycles. The number of hydrogen-bond donors (Lipinski definition) is 2. The second-order valence-corrected chi connectivity index (χ2v) is 7.42. The largest absolute Gasteiger partial charge is 0.497 e. The quantitative estimate of drug-likeness (QED) is 0.481. The Labute approximate surface area is 195 Å². The van der Waals surface area contributed by atoms with E-state index in [1.165, 1.54) is 0 Å². The van der Waals surface area contributed by atoms with Crippen LogP contribution >= 0.6 is 0 Å². The summed E-state index contributed by atoms with van der Waals surface area (Å²) in [4.78, 5) is 19.3. The van der Waals surface area contributed by atoms with Gasteiger partial charge in [-0.1, -0.05) is 13.8 Å². The zero-order valence-corrected chi connectivity index (χ0v) is 19.3. The Morgan fingerprint density at radius 2 is 1.73 bits per heavy atom. The number of ether oxygens (including phenoxy) is 1. The van der Waals surface area contributed by atoms with Crippen LogP contribution in [0.3, 0.4) is 0 Å². The smallest absolute Gasteiger partial charge is 0.251 e. The molecule has 0 spiro atoms. The lowest BCUT2D eigenvalue weighted by molar-refractivity contribution is 0.0949. The number of nitrogens with one attached hydrogen (secondary N) is 2. The van der Waals surface area contributed by atoms with Crippen LogP contribution in [0.5, 0.6) is 5.75 Å². The van der Waals surface area contributed by atoms with Crippen molar-refractivity contribution in [3.8, 4) is 23.1 Å². The van der Waals surface area contributed by atoms with Crippen molar-refractivity contribution >= 4 is 17.4 Å². The first kappa shape index (κ1) is 23.8. The van der Waals surface area contributed by atoms with E-state index in [1.54, 1.807) is 25.3 Å². The van der Waals surface area contributed by atoms with Gasteiger partial charge in [0.2, 0.25) is 0 Å². The zero-order chi connectivity index (χ0) is 23.6. The molecule has 0 aliphatic rings. The predicted molar refractivity (Wildman–Crippen MR) is 131 cm³/mol. The van der Waals surface area contributed by atoms with Gasteiger partial charge in [-0.25, -0.2) is 4.98 Å². The molecule has 7 heteroatoms. The number of methoxy groups -OCH3 is 1. The Morgan fingerprint density at radius 3 is 2.33 bits per heavy atom. The van der Waals surface area contributed by atoms with Crippen LogP contribution in [0, 0.1) is 11.3 Å². The highest BCUT2D eigenvalue weighted by atomic mass is 16.5. The van der Waals surface area contributed by atoms with E-state index in [-0.39, 0.29) is 5.91 Å². The van der Waals surface area contributed by atoms with E-state index in [2.05, 4.69) is 40.4 Å². The lowest BCUT2D eigenvalue weighted by Crippen LogP contribution is -2.34. The highest BCUT2D eigenvalue weighted by Crippen LogP contribution is 2.25. The van der Waals surface area contributed by atoms with Gasteiger partial charge in [0.25, 0.3) is 5.91 Å². The molecule has 0 atom stereocenters. The second kappa shape index (κ2) is 11.7. The SMILES string of the molecule is CCN(CC)CCNC(=O)c1ccc(Nc2nc(-c3ccc(OC)cc3)ccc2C#N)cc1. The van der Waals surface area contributed by atoms with Crippen molar-refractivity contribution in [1.82, 2.24) is 15.2 Å². The standard InChI is InChI=1S/C26H29N5O2/c1-4-31(5-2)17-16-28-26(32)20-6-11-22(12-7-20)29-25-21(18-27)10-15-24(30-25)19-8-13-23(33-3)14-9-19/h6-15H,4-5,16-17H2,1-3H3,(H,28,32)(H,29,30). The number of nitriles is 1. The van der Waals surface area contributed by atoms with Crippen molar-refractivity contribution in [2.75, 3.05) is 38.6 Å². The minimum absolute atomic E-state index is 0.106. The Hall–Kier alpha value is -3.89. The van der Waals surface area contributed by atoms with Crippen LogP contribution in [0.1, 0.15) is 29.8 Å². The van der Waals surface area contributed by atoms with Crippen molar-refractivity contribution in [1.29, 1.82) is 5.26 Å². The maximum Gasteiger partial charge on any atom is 0.251 e. The van der Waals surface area contributed by atoms with Gasteiger partial charge in [0.15, 0.2) is 0 Å². The maximum absolute atomic E-state index is 12.4. The number of carbonyl (C=O) groups is 1. The minimum Gasteiger partial charge on any atom is -0.497 e. The summed E-state index contributed by atoms with van der Waals surface area (Å²) in [5.74, 6) is 1.12. The third-order valence-corrected chi connectivity index (χ3v) is 5.42. The Morgan fingerprint density at radius 1 is 1.03 bits per heavy atom. The number of aromatic nitrogens is 1. The molecular formula is C26H29N5O2. The van der Waals surface area contributed by atoms with Gasteiger partial charge in [-0.2, -0.15) is 5.26 Å². The number of carbonyl (C=O) groups excluding carboxylic acids is 1. The van der Waals surface area contributed by atoms with Gasteiger partial charge in [0.05, 0.1) is 18.4 Å². The fraction of sp³-hybridized carbons (Fsp3) is 0.269. The van der Waals surface area contributed by atoms with Crippen molar-refractivity contribution in [2.24, 2.45) is 0 Å². The van der Waals surface area contributed by atoms with Crippen LogP contribution in [-0.2, 0) is 0 Å². The van der Waals surface area contributed by atoms with Gasteiger partial charge < -0.3 is 20.3 Å². The molecule has 0 fully saturated rings. The number of likely N-dealkylation sites (N-methyl/N-ethyl adjacent to an activating group) is 1. The number of anilines is 2. The normalized spacial score (nSPS) is 10.5. The Balaban J connectivity index is 1.69. The number of rotatable bonds is 10. The van der Waals surface area contributed by atoms with E-state index in [4.69, 9.17) is 4.74 Å². The number of hydrogen-bond acceptors (Lipinski definition) is 6. The van der Waals surface area contributed by atoms with Crippen molar-refractivity contribution in [2.45, 2.75) is 13.8 Å². The minimum atomic E-state index is -0.106. The lowest BCUT2D eigenvalue weighted by Gasteiger charge is -2.18. The molecule has 0 aliphatic heterocycles. The first-order valence-electron chi connectivity index (χ1n) is 11.0. The summed E-state index contributed by atoms with van der Waals surface area (Å²) in [7, 11) is 1.62. The molecule has 1 heterocycles. The fourth-order valence-electron chi connectivity index (χ4n) is 3.38. The molecule has 0 aliphatic carbocycles. The summed E-state index contributed by atoms with van der Waals surface area (Å²) in [5, 5.41) is 15.7. The first-order chi connectivity index (χ1) is 16.1. The molecule has 2 aromatic carbocycles. The molecule has 0 saturated carbocycles. The molecule has 3 rings (SSSR count). The molecule has 0 radical (unpaired) electrons. The Kier molecular flexibility index (Phi) is 8.39. The highest BCUT2D eigenvalue weighted by Gasteiger charge is 2.10. The van der Waals surface area contributed by atoms with Gasteiger partial charge in [-0.05, 0) is 73.8 Å². The molecular weight excluding hydrogens is 414 g/mol. The molecule has 3 aromatic rings. The van der Waals surface area contributed by atoms with Gasteiger partial charge in [-0.15, -0.1) is 0 Å². The van der Waals surface area contributed by atoms with Crippen LogP contribution in [0.4, 0.5) is 11.5 Å². The maximum atomic E-state index is 12.4. The Bertz CT molecular complexity index is 1100. The number of amides is 1. The summed E-state index contributed by atoms with van der Waals surface area (Å²) in [6, 6.07) is 20.4. The monoisotopic (exact) mass is 443 g/mol. The van der Waals surface area contributed by atoms with Gasteiger partial charge in [0, 0.05) is 29.9 Å². The van der Waals surface area contributed by atoms with Gasteiger partial charge in [0.1, 0.15) is 17.6 Å². The second-order valence-electron chi connectivity index (χ2n) is 7.42. The average molecular weight is 444 g/mol. The average Bonchev–Trinajstić information content (AvgIpc) is 2.87. The summed E-state index contributed by atoms with van der Waals surface area (Å²) >= 11 is 0. The zero-order valence-electron chi connectivity index (χ0n) is 19.3. The molecule has 0 bridgehead atoms. The third-order valence-electron chi connectivity index (χ3n) is 5.42. The van der Waals surface area contributed by atoms with E-state index in [9.17, 15) is 10.1 Å². The van der Waals surface area contributed by atoms with Crippen molar-refractivity contribution in [3.63, 3.8) is 0 Å². The number of benzene rings is 2. The van der Waals surface area contributed by atoms with E-state index in [1.807, 2.05) is 42.5 Å². The number of pyridine rings is 1. The van der Waals surface area contributed by atoms with Gasteiger partial charge in [-0.3, -0.25) is 4.79 Å². The molecule has 0 saturated heterocycles. The van der Waals surface area contributed by atoms with Gasteiger partial charge >= 0.3 is 0 Å². The summed E-state index contributed by atoms with van der Waals surface area (Å²) in [5.41, 5.74) is 3.42. The summed E-state index contributed by atoms with van der Waals surface area (Å²) < 4.78 is 5.21. The predicted octanol–water partition coefficient (Wildman–Crippen LogP) is 4.44. The van der Waals surface area contributed by atoms with E-state index in [0.717, 1.165) is 42.3 Å². The topological polar surface area (TPSA) is 90.3 Å². The van der Waals surface area contributed by atoms with Crippen LogP contribution in [-0.4, -0.2) is 49.1 Å². The summed E-state index contributed by atoms with van der Waals surface area (Å²) in [6.07, 6.45) is 0. The molecule has 1 amide bonds. The first-order valence-corrected chi connectivity index (χ1v) is 11.0. The number of nitrogens with zero attached hydrogens (tertiary/aromatic N) is 3. The fourth-order valence-corrected chi connectivity index (χ4v) is 3.38. The molecule has 170 valence electrons. The summed E-state index contributed by atoms with van der Waals surface area (Å²) in [6.45, 7) is 7.57. The molecule has 2 N–H and O–H groups in total.